The zero-order valence-corrected chi connectivity index (χ0v) is 16.4. The van der Waals surface area contributed by atoms with Crippen LogP contribution in [0.15, 0.2) is 54.9 Å². The van der Waals surface area contributed by atoms with Gasteiger partial charge in [0, 0.05) is 44.0 Å². The van der Waals surface area contributed by atoms with Crippen LogP contribution in [0.25, 0.3) is 0 Å². The second kappa shape index (κ2) is 9.15. The summed E-state index contributed by atoms with van der Waals surface area (Å²) in [5, 5.41) is 3.02. The molecular formula is C22H27N5O2. The Hall–Kier alpha value is -2.77. The van der Waals surface area contributed by atoms with E-state index >= 15 is 0 Å². The van der Waals surface area contributed by atoms with Crippen LogP contribution in [-0.2, 0) is 16.1 Å². The number of hydrogen-bond acceptors (Lipinski definition) is 5. The van der Waals surface area contributed by atoms with E-state index in [1.807, 2.05) is 53.6 Å². The lowest BCUT2D eigenvalue weighted by atomic mass is 9.94. The fourth-order valence-corrected chi connectivity index (χ4v) is 4.03. The van der Waals surface area contributed by atoms with Crippen LogP contribution < -0.4 is 16.2 Å². The maximum Gasteiger partial charge on any atom is 0.241 e. The first-order chi connectivity index (χ1) is 14.2. The first kappa shape index (κ1) is 19.5. The molecule has 2 amide bonds. The zero-order chi connectivity index (χ0) is 20.1. The maximum atomic E-state index is 12.9. The molecule has 2 aliphatic rings. The van der Waals surface area contributed by atoms with E-state index in [0.717, 1.165) is 11.1 Å². The molecule has 7 heteroatoms. The third-order valence-corrected chi connectivity index (χ3v) is 5.78. The molecule has 0 saturated carbocycles. The van der Waals surface area contributed by atoms with Crippen molar-refractivity contribution in [1.82, 2.24) is 26.1 Å². The quantitative estimate of drug-likeness (QED) is 0.718. The lowest BCUT2D eigenvalue weighted by Gasteiger charge is -2.32. The molecule has 2 atom stereocenters. The van der Waals surface area contributed by atoms with Gasteiger partial charge in [0.1, 0.15) is 6.04 Å². The van der Waals surface area contributed by atoms with Gasteiger partial charge in [0.05, 0.1) is 0 Å². The van der Waals surface area contributed by atoms with Crippen molar-refractivity contribution in [3.8, 4) is 0 Å². The van der Waals surface area contributed by atoms with Crippen LogP contribution in [0, 0.1) is 5.92 Å². The molecule has 1 aromatic heterocycles. The van der Waals surface area contributed by atoms with E-state index in [-0.39, 0.29) is 29.8 Å². The lowest BCUT2D eigenvalue weighted by Crippen LogP contribution is -2.49. The molecule has 0 radical (unpaired) electrons. The first-order valence-corrected chi connectivity index (χ1v) is 10.2. The molecular weight excluding hydrogens is 366 g/mol. The molecule has 152 valence electrons. The summed E-state index contributed by atoms with van der Waals surface area (Å²) in [5.41, 5.74) is 8.49. The van der Waals surface area contributed by atoms with E-state index in [1.54, 1.807) is 6.20 Å². The van der Waals surface area contributed by atoms with Crippen molar-refractivity contribution < 1.29 is 9.59 Å². The topological polar surface area (TPSA) is 86.4 Å². The number of piperidine rings is 1. The van der Waals surface area contributed by atoms with Gasteiger partial charge in [0.15, 0.2) is 0 Å². The second-order valence-corrected chi connectivity index (χ2v) is 7.72. The highest BCUT2D eigenvalue weighted by Crippen LogP contribution is 2.24. The molecule has 0 spiro atoms. The highest BCUT2D eigenvalue weighted by Gasteiger charge is 2.35. The number of hydrogen-bond donors (Lipinski definition) is 3. The van der Waals surface area contributed by atoms with Gasteiger partial charge < -0.3 is 10.2 Å². The van der Waals surface area contributed by atoms with Crippen molar-refractivity contribution in [2.24, 2.45) is 5.92 Å². The van der Waals surface area contributed by atoms with Crippen molar-refractivity contribution in [3.05, 3.63) is 66.0 Å². The molecule has 4 rings (SSSR count). The number of nitrogens with one attached hydrogen (secondary N) is 3. The standard InChI is InChI=1S/C22H27N5O2/c28-21(24-14-16-5-2-1-3-6-16)17-8-11-27(12-9-17)22(29)20-13-19(25-26-20)18-7-4-10-23-15-18/h1-7,10,15,17,19-20,25-26H,8-9,11-14H2,(H,24,28). The van der Waals surface area contributed by atoms with Gasteiger partial charge in [0.25, 0.3) is 0 Å². The summed E-state index contributed by atoms with van der Waals surface area (Å²) in [5.74, 6) is 0.158. The van der Waals surface area contributed by atoms with Gasteiger partial charge in [-0.15, -0.1) is 0 Å². The molecule has 2 fully saturated rings. The summed E-state index contributed by atoms with van der Waals surface area (Å²) in [7, 11) is 0. The molecule has 2 aromatic rings. The summed E-state index contributed by atoms with van der Waals surface area (Å²) in [6, 6.07) is 13.7. The van der Waals surface area contributed by atoms with Crippen LogP contribution in [0.4, 0.5) is 0 Å². The van der Waals surface area contributed by atoms with Crippen LogP contribution in [0.1, 0.15) is 36.4 Å². The van der Waals surface area contributed by atoms with Crippen LogP contribution >= 0.6 is 0 Å². The molecule has 2 unspecified atom stereocenters. The predicted octanol–water partition coefficient (Wildman–Crippen LogP) is 1.54. The van der Waals surface area contributed by atoms with Gasteiger partial charge in [-0.05, 0) is 36.5 Å². The van der Waals surface area contributed by atoms with Crippen molar-refractivity contribution in [3.63, 3.8) is 0 Å². The number of likely N-dealkylation sites (tertiary alicyclic amines) is 1. The average Bonchev–Trinajstić information content (AvgIpc) is 3.29. The van der Waals surface area contributed by atoms with Crippen molar-refractivity contribution in [2.75, 3.05) is 13.1 Å². The van der Waals surface area contributed by atoms with Crippen LogP contribution in [0.3, 0.4) is 0 Å². The van der Waals surface area contributed by atoms with Gasteiger partial charge >= 0.3 is 0 Å². The summed E-state index contributed by atoms with van der Waals surface area (Å²) in [6.07, 6.45) is 5.68. The Labute approximate surface area is 170 Å². The van der Waals surface area contributed by atoms with Crippen molar-refractivity contribution >= 4 is 11.8 Å². The molecule has 2 aliphatic heterocycles. The van der Waals surface area contributed by atoms with Gasteiger partial charge in [0.2, 0.25) is 11.8 Å². The monoisotopic (exact) mass is 393 g/mol. The molecule has 3 N–H and O–H groups in total. The Morgan fingerprint density at radius 3 is 2.59 bits per heavy atom. The van der Waals surface area contributed by atoms with Gasteiger partial charge in [-0.25, -0.2) is 10.9 Å². The molecule has 0 bridgehead atoms. The van der Waals surface area contributed by atoms with Crippen molar-refractivity contribution in [1.29, 1.82) is 0 Å². The Morgan fingerprint density at radius 1 is 1.07 bits per heavy atom. The smallest absolute Gasteiger partial charge is 0.241 e. The number of rotatable bonds is 5. The van der Waals surface area contributed by atoms with Gasteiger partial charge in [-0.2, -0.15) is 0 Å². The maximum absolute atomic E-state index is 12.9. The molecule has 29 heavy (non-hydrogen) atoms. The number of aromatic nitrogens is 1. The molecule has 0 aliphatic carbocycles. The van der Waals surface area contributed by atoms with E-state index in [4.69, 9.17) is 0 Å². The van der Waals surface area contributed by atoms with Crippen molar-refractivity contribution in [2.45, 2.75) is 37.9 Å². The van der Waals surface area contributed by atoms with E-state index < -0.39 is 0 Å². The largest absolute Gasteiger partial charge is 0.352 e. The third kappa shape index (κ3) is 4.81. The summed E-state index contributed by atoms with van der Waals surface area (Å²) in [6.45, 7) is 1.79. The number of benzene rings is 1. The fourth-order valence-electron chi connectivity index (χ4n) is 4.03. The average molecular weight is 393 g/mol. The van der Waals surface area contributed by atoms with Crippen LogP contribution in [0.5, 0.6) is 0 Å². The number of pyridine rings is 1. The summed E-state index contributed by atoms with van der Waals surface area (Å²) in [4.78, 5) is 31.4. The Kier molecular flexibility index (Phi) is 6.17. The molecule has 7 nitrogen and oxygen atoms in total. The molecule has 3 heterocycles. The highest BCUT2D eigenvalue weighted by atomic mass is 16.2. The summed E-state index contributed by atoms with van der Waals surface area (Å²) < 4.78 is 0. The van der Waals surface area contributed by atoms with E-state index in [0.29, 0.717) is 38.9 Å². The Balaban J connectivity index is 1.23. The van der Waals surface area contributed by atoms with Gasteiger partial charge in [-0.1, -0.05) is 36.4 Å². The van der Waals surface area contributed by atoms with Crippen LogP contribution in [0.2, 0.25) is 0 Å². The summed E-state index contributed by atoms with van der Waals surface area (Å²) >= 11 is 0. The number of nitrogens with zero attached hydrogens (tertiary/aromatic N) is 2. The normalized spacial score (nSPS) is 22.4. The van der Waals surface area contributed by atoms with E-state index in [9.17, 15) is 9.59 Å². The number of amides is 2. The molecule has 2 saturated heterocycles. The lowest BCUT2D eigenvalue weighted by molar-refractivity contribution is -0.137. The zero-order valence-electron chi connectivity index (χ0n) is 16.4. The van der Waals surface area contributed by atoms with Crippen LogP contribution in [-0.4, -0.2) is 40.8 Å². The van der Waals surface area contributed by atoms with E-state index in [1.165, 1.54) is 0 Å². The first-order valence-electron chi connectivity index (χ1n) is 10.2. The minimum absolute atomic E-state index is 0.0273. The Morgan fingerprint density at radius 2 is 1.86 bits per heavy atom. The fraction of sp³-hybridized carbons (Fsp3) is 0.409. The Bertz CT molecular complexity index is 822. The predicted molar refractivity (Wildman–Crippen MR) is 109 cm³/mol. The number of carbonyl (C=O) groups excluding carboxylic acids is 2. The number of hydrazine groups is 1. The number of carbonyl (C=O) groups is 2. The SMILES string of the molecule is O=C(NCc1ccccc1)C1CCN(C(=O)C2CC(c3cccnc3)NN2)CC1. The second-order valence-electron chi connectivity index (χ2n) is 7.72. The minimum Gasteiger partial charge on any atom is -0.352 e. The third-order valence-electron chi connectivity index (χ3n) is 5.78. The minimum atomic E-state index is -0.247. The van der Waals surface area contributed by atoms with E-state index in [2.05, 4.69) is 21.2 Å². The highest BCUT2D eigenvalue weighted by molar-refractivity contribution is 5.83. The van der Waals surface area contributed by atoms with Gasteiger partial charge in [-0.3, -0.25) is 14.6 Å². The molecule has 1 aromatic carbocycles.